The van der Waals surface area contributed by atoms with E-state index < -0.39 is 10.0 Å². The molecule has 0 radical (unpaired) electrons. The Kier molecular flexibility index (Phi) is 4.30. The van der Waals surface area contributed by atoms with Crippen LogP contribution in [0.3, 0.4) is 0 Å². The van der Waals surface area contributed by atoms with Crippen LogP contribution in [0, 0.1) is 0 Å². The highest BCUT2D eigenvalue weighted by Crippen LogP contribution is 2.19. The molecule has 0 aliphatic carbocycles. The SMILES string of the molecule is CCS(=O)(=O)N1CCN(C2NCNC3CCNC32)CC1. The standard InChI is InChI=1S/C12H25N5O2S/c1-2-20(18,19)17-7-5-16(6-8-17)12-11-10(3-4-13-11)14-9-15-12/h10-15H,2-9H2,1H3. The van der Waals surface area contributed by atoms with Crippen molar-refractivity contribution in [3.63, 3.8) is 0 Å². The zero-order valence-electron chi connectivity index (χ0n) is 12.0. The van der Waals surface area contributed by atoms with Crippen LogP contribution in [0.5, 0.6) is 0 Å². The van der Waals surface area contributed by atoms with Gasteiger partial charge in [-0.2, -0.15) is 4.31 Å². The molecule has 0 saturated carbocycles. The molecule has 0 amide bonds. The summed E-state index contributed by atoms with van der Waals surface area (Å²) < 4.78 is 25.4. The van der Waals surface area contributed by atoms with Crippen LogP contribution in [-0.4, -0.2) is 81.0 Å². The van der Waals surface area contributed by atoms with Crippen LogP contribution >= 0.6 is 0 Å². The average Bonchev–Trinajstić information content (AvgIpc) is 2.95. The molecule has 0 aromatic rings. The molecular weight excluding hydrogens is 278 g/mol. The van der Waals surface area contributed by atoms with Gasteiger partial charge in [-0.15, -0.1) is 0 Å². The van der Waals surface area contributed by atoms with Gasteiger partial charge in [0.1, 0.15) is 0 Å². The molecule has 3 aliphatic rings. The highest BCUT2D eigenvalue weighted by Gasteiger charge is 2.40. The van der Waals surface area contributed by atoms with E-state index in [4.69, 9.17) is 0 Å². The molecule has 3 unspecified atom stereocenters. The highest BCUT2D eigenvalue weighted by molar-refractivity contribution is 7.89. The summed E-state index contributed by atoms with van der Waals surface area (Å²) in [5, 5.41) is 10.6. The van der Waals surface area contributed by atoms with Crippen LogP contribution in [0.25, 0.3) is 0 Å². The quantitative estimate of drug-likeness (QED) is 0.569. The van der Waals surface area contributed by atoms with Gasteiger partial charge in [0.2, 0.25) is 10.0 Å². The second-order valence-corrected chi connectivity index (χ2v) is 8.00. The van der Waals surface area contributed by atoms with Gasteiger partial charge < -0.3 is 5.32 Å². The molecule has 3 saturated heterocycles. The predicted octanol–water partition coefficient (Wildman–Crippen LogP) is -1.84. The number of hydrogen-bond acceptors (Lipinski definition) is 6. The van der Waals surface area contributed by atoms with E-state index in [1.807, 2.05) is 0 Å². The van der Waals surface area contributed by atoms with Crippen molar-refractivity contribution in [2.45, 2.75) is 31.6 Å². The fourth-order valence-electron chi connectivity index (χ4n) is 3.51. The number of hydrogen-bond donors (Lipinski definition) is 3. The van der Waals surface area contributed by atoms with E-state index in [9.17, 15) is 8.42 Å². The van der Waals surface area contributed by atoms with Crippen molar-refractivity contribution in [2.75, 3.05) is 45.1 Å². The number of sulfonamides is 1. The highest BCUT2D eigenvalue weighted by atomic mass is 32.2. The van der Waals surface area contributed by atoms with E-state index in [1.54, 1.807) is 11.2 Å². The largest absolute Gasteiger partial charge is 0.310 e. The predicted molar refractivity (Wildman–Crippen MR) is 77.7 cm³/mol. The molecule has 116 valence electrons. The Hall–Kier alpha value is -0.250. The number of piperazine rings is 1. The third-order valence-corrected chi connectivity index (χ3v) is 6.59. The van der Waals surface area contributed by atoms with E-state index in [0.717, 1.165) is 26.3 Å². The molecule has 3 aliphatic heterocycles. The summed E-state index contributed by atoms with van der Waals surface area (Å²) in [6, 6.07) is 0.969. The molecular formula is C12H25N5O2S. The maximum atomic E-state index is 11.9. The Morgan fingerprint density at radius 1 is 1.10 bits per heavy atom. The van der Waals surface area contributed by atoms with Crippen LogP contribution in [-0.2, 0) is 10.0 Å². The lowest BCUT2D eigenvalue weighted by Crippen LogP contribution is -2.69. The molecule has 0 aromatic carbocycles. The molecule has 8 heteroatoms. The summed E-state index contributed by atoms with van der Waals surface area (Å²) in [7, 11) is -3.03. The van der Waals surface area contributed by atoms with Crippen molar-refractivity contribution in [3.8, 4) is 0 Å². The van der Waals surface area contributed by atoms with Crippen molar-refractivity contribution < 1.29 is 8.42 Å². The van der Waals surface area contributed by atoms with Gasteiger partial charge in [0.05, 0.1) is 18.0 Å². The molecule has 0 spiro atoms. The van der Waals surface area contributed by atoms with Crippen LogP contribution in [0.15, 0.2) is 0 Å². The van der Waals surface area contributed by atoms with Crippen molar-refractivity contribution >= 4 is 10.0 Å². The smallest absolute Gasteiger partial charge is 0.213 e. The molecule has 7 nitrogen and oxygen atoms in total. The lowest BCUT2D eigenvalue weighted by molar-refractivity contribution is 0.0678. The number of nitrogens with one attached hydrogen (secondary N) is 3. The Morgan fingerprint density at radius 3 is 2.55 bits per heavy atom. The van der Waals surface area contributed by atoms with Crippen molar-refractivity contribution in [1.82, 2.24) is 25.2 Å². The minimum Gasteiger partial charge on any atom is -0.310 e. The van der Waals surface area contributed by atoms with Gasteiger partial charge in [0, 0.05) is 38.9 Å². The van der Waals surface area contributed by atoms with E-state index in [2.05, 4.69) is 20.9 Å². The summed E-state index contributed by atoms with van der Waals surface area (Å²) in [4.78, 5) is 2.39. The Bertz CT molecular complexity index is 435. The van der Waals surface area contributed by atoms with Gasteiger partial charge >= 0.3 is 0 Å². The van der Waals surface area contributed by atoms with E-state index >= 15 is 0 Å². The van der Waals surface area contributed by atoms with Gasteiger partial charge in [-0.3, -0.25) is 15.5 Å². The van der Waals surface area contributed by atoms with E-state index in [1.165, 1.54) is 6.42 Å². The second kappa shape index (κ2) is 5.86. The molecule has 3 heterocycles. The normalized spacial score (nSPS) is 37.0. The first-order chi connectivity index (χ1) is 9.62. The number of nitrogens with zero attached hydrogens (tertiary/aromatic N) is 2. The van der Waals surface area contributed by atoms with E-state index in [0.29, 0.717) is 31.3 Å². The first-order valence-corrected chi connectivity index (χ1v) is 9.15. The molecule has 3 fully saturated rings. The van der Waals surface area contributed by atoms with Crippen molar-refractivity contribution in [2.24, 2.45) is 0 Å². The average molecular weight is 303 g/mol. The summed E-state index contributed by atoms with van der Waals surface area (Å²) in [5.41, 5.74) is 0. The molecule has 3 rings (SSSR count). The maximum Gasteiger partial charge on any atom is 0.213 e. The van der Waals surface area contributed by atoms with Gasteiger partial charge in [-0.25, -0.2) is 8.42 Å². The van der Waals surface area contributed by atoms with Crippen LogP contribution in [0.1, 0.15) is 13.3 Å². The lowest BCUT2D eigenvalue weighted by Gasteiger charge is -2.45. The summed E-state index contributed by atoms with van der Waals surface area (Å²) in [6.07, 6.45) is 1.49. The maximum absolute atomic E-state index is 11.9. The zero-order chi connectivity index (χ0) is 14.2. The minimum absolute atomic E-state index is 0.199. The second-order valence-electron chi connectivity index (χ2n) is 5.74. The molecule has 3 atom stereocenters. The number of fused-ring (bicyclic) bond motifs is 1. The van der Waals surface area contributed by atoms with Crippen LogP contribution in [0.2, 0.25) is 0 Å². The Balaban J connectivity index is 1.60. The number of rotatable bonds is 3. The van der Waals surface area contributed by atoms with Crippen molar-refractivity contribution in [3.05, 3.63) is 0 Å². The minimum atomic E-state index is -3.03. The van der Waals surface area contributed by atoms with Crippen LogP contribution in [0.4, 0.5) is 0 Å². The monoisotopic (exact) mass is 303 g/mol. The molecule has 20 heavy (non-hydrogen) atoms. The molecule has 0 bridgehead atoms. The van der Waals surface area contributed by atoms with Gasteiger partial charge in [-0.1, -0.05) is 0 Å². The van der Waals surface area contributed by atoms with Gasteiger partial charge in [0.25, 0.3) is 0 Å². The zero-order valence-corrected chi connectivity index (χ0v) is 12.8. The van der Waals surface area contributed by atoms with Crippen molar-refractivity contribution in [1.29, 1.82) is 0 Å². The molecule has 0 aromatic heterocycles. The Labute approximate surface area is 121 Å². The third-order valence-electron chi connectivity index (χ3n) is 4.71. The Morgan fingerprint density at radius 2 is 1.85 bits per heavy atom. The fraction of sp³-hybridized carbons (Fsp3) is 1.00. The first kappa shape index (κ1) is 14.7. The topological polar surface area (TPSA) is 76.7 Å². The van der Waals surface area contributed by atoms with Gasteiger partial charge in [-0.05, 0) is 19.9 Å². The van der Waals surface area contributed by atoms with E-state index in [-0.39, 0.29) is 5.75 Å². The third kappa shape index (κ3) is 2.72. The first-order valence-electron chi connectivity index (χ1n) is 7.54. The van der Waals surface area contributed by atoms with Gasteiger partial charge in [0.15, 0.2) is 0 Å². The summed E-state index contributed by atoms with van der Waals surface area (Å²) >= 11 is 0. The summed E-state index contributed by atoms with van der Waals surface area (Å²) in [6.45, 7) is 6.44. The molecule has 3 N–H and O–H groups in total. The fourth-order valence-corrected chi connectivity index (χ4v) is 4.59. The lowest BCUT2D eigenvalue weighted by atomic mass is 10.0. The van der Waals surface area contributed by atoms with Crippen LogP contribution < -0.4 is 16.0 Å². The summed E-state index contributed by atoms with van der Waals surface area (Å²) in [5.74, 6) is 0.199.